The number of ether oxygens (including phenoxy) is 1. The summed E-state index contributed by atoms with van der Waals surface area (Å²) in [7, 11) is 0. The number of hydrogen-bond acceptors (Lipinski definition) is 5. The number of aromatic nitrogens is 2. The van der Waals surface area contributed by atoms with E-state index in [-0.39, 0.29) is 11.9 Å². The van der Waals surface area contributed by atoms with Gasteiger partial charge >= 0.3 is 0 Å². The average Bonchev–Trinajstić information content (AvgIpc) is 2.29. The first-order chi connectivity index (χ1) is 8.06. The fourth-order valence-corrected chi connectivity index (χ4v) is 1.46. The van der Waals surface area contributed by atoms with Crippen LogP contribution in [0.2, 0.25) is 5.02 Å². The molecule has 1 heterocycles. The molecule has 5 nitrogen and oxygen atoms in total. The first-order valence-electron chi connectivity index (χ1n) is 5.66. The van der Waals surface area contributed by atoms with Gasteiger partial charge in [-0.3, -0.25) is 0 Å². The molecule has 0 amide bonds. The van der Waals surface area contributed by atoms with Crippen molar-refractivity contribution in [1.82, 2.24) is 9.97 Å². The average molecular weight is 259 g/mol. The van der Waals surface area contributed by atoms with Crippen LogP contribution >= 0.6 is 11.6 Å². The molecule has 1 aromatic heterocycles. The highest BCUT2D eigenvalue weighted by molar-refractivity contribution is 6.35. The van der Waals surface area contributed by atoms with Crippen molar-refractivity contribution in [2.24, 2.45) is 5.92 Å². The summed E-state index contributed by atoms with van der Waals surface area (Å²) in [6, 6.07) is 0.141. The zero-order chi connectivity index (χ0) is 12.8. The van der Waals surface area contributed by atoms with Crippen LogP contribution in [0.25, 0.3) is 0 Å². The predicted octanol–water partition coefficient (Wildman–Crippen LogP) is 2.19. The Bertz CT molecular complexity index is 359. The summed E-state index contributed by atoms with van der Waals surface area (Å²) < 4.78 is 5.42. The lowest BCUT2D eigenvalue weighted by atomic mass is 10.1. The standard InChI is InChI=1S/C11H19ClN4O/c1-4-17-5-8(7(2)3)16-11-9(12)10(13)14-6-15-11/h6-8H,4-5H2,1-3H3,(H3,13,14,15,16)/t8-/m1/s1. The van der Waals surface area contributed by atoms with Crippen molar-refractivity contribution in [3.63, 3.8) is 0 Å². The highest BCUT2D eigenvalue weighted by Gasteiger charge is 2.16. The van der Waals surface area contributed by atoms with Crippen LogP contribution in [0.4, 0.5) is 11.6 Å². The minimum Gasteiger partial charge on any atom is -0.382 e. The zero-order valence-corrected chi connectivity index (χ0v) is 11.2. The summed E-state index contributed by atoms with van der Waals surface area (Å²) in [6.45, 7) is 7.47. The maximum Gasteiger partial charge on any atom is 0.150 e. The van der Waals surface area contributed by atoms with Gasteiger partial charge in [0.25, 0.3) is 0 Å². The second kappa shape index (κ2) is 6.61. The molecule has 0 saturated carbocycles. The van der Waals surface area contributed by atoms with Crippen molar-refractivity contribution in [1.29, 1.82) is 0 Å². The SMILES string of the molecule is CCOC[C@@H](Nc1ncnc(N)c1Cl)C(C)C. The molecule has 96 valence electrons. The maximum absolute atomic E-state index is 6.02. The predicted molar refractivity (Wildman–Crippen MR) is 70.2 cm³/mol. The molecule has 0 saturated heterocycles. The first-order valence-corrected chi connectivity index (χ1v) is 6.04. The molecule has 0 aromatic carbocycles. The van der Waals surface area contributed by atoms with Gasteiger partial charge in [0.1, 0.15) is 17.2 Å². The van der Waals surface area contributed by atoms with Gasteiger partial charge in [-0.15, -0.1) is 0 Å². The Balaban J connectivity index is 2.75. The topological polar surface area (TPSA) is 73.1 Å². The molecule has 1 aromatic rings. The molecule has 0 spiro atoms. The van der Waals surface area contributed by atoms with Crippen LogP contribution in [0, 0.1) is 5.92 Å². The molecule has 0 aliphatic rings. The third-order valence-corrected chi connectivity index (χ3v) is 2.82. The fraction of sp³-hybridized carbons (Fsp3) is 0.636. The second-order valence-electron chi connectivity index (χ2n) is 4.08. The number of halogens is 1. The van der Waals surface area contributed by atoms with E-state index in [4.69, 9.17) is 22.1 Å². The van der Waals surface area contributed by atoms with Gasteiger partial charge in [0, 0.05) is 6.61 Å². The summed E-state index contributed by atoms with van der Waals surface area (Å²) in [5, 5.41) is 3.59. The lowest BCUT2D eigenvalue weighted by Gasteiger charge is -2.23. The van der Waals surface area contributed by atoms with E-state index in [0.29, 0.717) is 30.0 Å². The molecule has 6 heteroatoms. The van der Waals surface area contributed by atoms with E-state index in [1.165, 1.54) is 6.33 Å². The van der Waals surface area contributed by atoms with Crippen molar-refractivity contribution in [2.75, 3.05) is 24.3 Å². The quantitative estimate of drug-likeness (QED) is 0.818. The van der Waals surface area contributed by atoms with Crippen LogP contribution in [-0.4, -0.2) is 29.2 Å². The van der Waals surface area contributed by atoms with Gasteiger partial charge in [0.05, 0.1) is 12.6 Å². The van der Waals surface area contributed by atoms with Crippen LogP contribution in [0.3, 0.4) is 0 Å². The van der Waals surface area contributed by atoms with Crippen molar-refractivity contribution >= 4 is 23.2 Å². The number of hydrogen-bond donors (Lipinski definition) is 2. The summed E-state index contributed by atoms with van der Waals surface area (Å²) >= 11 is 6.02. The normalized spacial score (nSPS) is 12.8. The monoisotopic (exact) mass is 258 g/mol. The third kappa shape index (κ3) is 4.02. The van der Waals surface area contributed by atoms with Gasteiger partial charge in [0.15, 0.2) is 5.82 Å². The number of nitrogen functional groups attached to an aromatic ring is 1. The fourth-order valence-electron chi connectivity index (χ4n) is 1.31. The van der Waals surface area contributed by atoms with Crippen LogP contribution in [0.5, 0.6) is 0 Å². The Morgan fingerprint density at radius 2 is 2.18 bits per heavy atom. The third-order valence-electron chi connectivity index (χ3n) is 2.44. The van der Waals surface area contributed by atoms with Crippen LogP contribution < -0.4 is 11.1 Å². The Hall–Kier alpha value is -1.07. The Labute approximate surface area is 107 Å². The van der Waals surface area contributed by atoms with Gasteiger partial charge in [0.2, 0.25) is 0 Å². The summed E-state index contributed by atoms with van der Waals surface area (Å²) in [4.78, 5) is 7.90. The lowest BCUT2D eigenvalue weighted by Crippen LogP contribution is -2.31. The smallest absolute Gasteiger partial charge is 0.150 e. The van der Waals surface area contributed by atoms with Crippen LogP contribution in [0.1, 0.15) is 20.8 Å². The van der Waals surface area contributed by atoms with Crippen molar-refractivity contribution in [3.8, 4) is 0 Å². The molecular weight excluding hydrogens is 240 g/mol. The number of rotatable bonds is 6. The molecule has 0 aliphatic heterocycles. The van der Waals surface area contributed by atoms with Gasteiger partial charge in [-0.2, -0.15) is 0 Å². The van der Waals surface area contributed by atoms with E-state index >= 15 is 0 Å². The van der Waals surface area contributed by atoms with Gasteiger partial charge < -0.3 is 15.8 Å². The van der Waals surface area contributed by atoms with E-state index in [1.54, 1.807) is 0 Å². The molecule has 0 radical (unpaired) electrons. The summed E-state index contributed by atoms with van der Waals surface area (Å²) in [5.41, 5.74) is 5.62. The van der Waals surface area contributed by atoms with E-state index in [9.17, 15) is 0 Å². The minimum atomic E-state index is 0.141. The minimum absolute atomic E-state index is 0.141. The molecule has 1 atom stereocenters. The Morgan fingerprint density at radius 3 is 2.76 bits per heavy atom. The molecule has 0 aliphatic carbocycles. The highest BCUT2D eigenvalue weighted by atomic mass is 35.5. The molecule has 1 rings (SSSR count). The highest BCUT2D eigenvalue weighted by Crippen LogP contribution is 2.24. The second-order valence-corrected chi connectivity index (χ2v) is 4.45. The van der Waals surface area contributed by atoms with E-state index in [2.05, 4.69) is 29.1 Å². The number of nitrogens with zero attached hydrogens (tertiary/aromatic N) is 2. The van der Waals surface area contributed by atoms with Gasteiger partial charge in [-0.05, 0) is 12.8 Å². The molecule has 17 heavy (non-hydrogen) atoms. The Kier molecular flexibility index (Phi) is 5.44. The largest absolute Gasteiger partial charge is 0.382 e. The summed E-state index contributed by atoms with van der Waals surface area (Å²) in [6.07, 6.45) is 1.39. The number of nitrogens with two attached hydrogens (primary N) is 1. The summed E-state index contributed by atoms with van der Waals surface area (Å²) in [5.74, 6) is 1.23. The van der Waals surface area contributed by atoms with Crippen molar-refractivity contribution in [3.05, 3.63) is 11.3 Å². The molecule has 0 unspecified atom stereocenters. The molecule has 0 bridgehead atoms. The maximum atomic E-state index is 6.02. The molecular formula is C11H19ClN4O. The first kappa shape index (κ1) is 14.0. The number of nitrogens with one attached hydrogen (secondary N) is 1. The molecule has 0 fully saturated rings. The van der Waals surface area contributed by atoms with Crippen molar-refractivity contribution < 1.29 is 4.74 Å². The van der Waals surface area contributed by atoms with Crippen LogP contribution in [0.15, 0.2) is 6.33 Å². The van der Waals surface area contributed by atoms with E-state index < -0.39 is 0 Å². The van der Waals surface area contributed by atoms with E-state index in [1.807, 2.05) is 6.92 Å². The Morgan fingerprint density at radius 1 is 1.47 bits per heavy atom. The number of anilines is 2. The zero-order valence-electron chi connectivity index (χ0n) is 10.4. The van der Waals surface area contributed by atoms with E-state index in [0.717, 1.165) is 0 Å². The van der Waals surface area contributed by atoms with Crippen LogP contribution in [-0.2, 0) is 4.74 Å². The van der Waals surface area contributed by atoms with Gasteiger partial charge in [-0.1, -0.05) is 25.4 Å². The van der Waals surface area contributed by atoms with Crippen molar-refractivity contribution in [2.45, 2.75) is 26.8 Å². The van der Waals surface area contributed by atoms with Gasteiger partial charge in [-0.25, -0.2) is 9.97 Å². The molecule has 3 N–H and O–H groups in total. The lowest BCUT2D eigenvalue weighted by molar-refractivity contribution is 0.126.